The second kappa shape index (κ2) is 6.85. The zero-order valence-corrected chi connectivity index (χ0v) is 14.1. The van der Waals surface area contributed by atoms with Gasteiger partial charge in [0.2, 0.25) is 0 Å². The summed E-state index contributed by atoms with van der Waals surface area (Å²) in [6.45, 7) is 0. The van der Waals surface area contributed by atoms with Gasteiger partial charge in [-0.1, -0.05) is 59.2 Å². The number of nitrogens with zero attached hydrogens (tertiary/aromatic N) is 2. The summed E-state index contributed by atoms with van der Waals surface area (Å²) in [5.74, 6) is -0.422. The molecular formula is C19H12ClN3O3. The number of hydrogen-bond acceptors (Lipinski definition) is 5. The summed E-state index contributed by atoms with van der Waals surface area (Å²) in [6, 6.07) is 16.5. The summed E-state index contributed by atoms with van der Waals surface area (Å²) in [5, 5.41) is 7.16. The van der Waals surface area contributed by atoms with E-state index in [4.69, 9.17) is 20.5 Å². The molecule has 6 nitrogen and oxygen atoms in total. The summed E-state index contributed by atoms with van der Waals surface area (Å²) in [7, 11) is 0. The minimum atomic E-state index is -0.422. The SMILES string of the molecule is O=C(Nc1nc(-c2ccc(Cl)cc2)co1)c1conc1-c1ccccc1. The van der Waals surface area contributed by atoms with E-state index >= 15 is 0 Å². The minimum Gasteiger partial charge on any atom is -0.431 e. The van der Waals surface area contributed by atoms with Crippen LogP contribution in [0.1, 0.15) is 10.4 Å². The molecule has 0 saturated heterocycles. The number of rotatable bonds is 4. The maximum atomic E-state index is 12.5. The number of carbonyl (C=O) groups excluding carboxylic acids is 1. The average molecular weight is 366 g/mol. The Morgan fingerprint density at radius 2 is 1.73 bits per heavy atom. The van der Waals surface area contributed by atoms with E-state index in [1.54, 1.807) is 12.1 Å². The van der Waals surface area contributed by atoms with E-state index in [0.717, 1.165) is 11.1 Å². The fraction of sp³-hybridized carbons (Fsp3) is 0. The molecule has 26 heavy (non-hydrogen) atoms. The Morgan fingerprint density at radius 3 is 2.50 bits per heavy atom. The molecule has 0 unspecified atom stereocenters. The number of amides is 1. The van der Waals surface area contributed by atoms with Crippen LogP contribution in [-0.4, -0.2) is 16.0 Å². The molecule has 0 radical (unpaired) electrons. The molecule has 7 heteroatoms. The Hall–Kier alpha value is -3.38. The molecule has 0 spiro atoms. The number of anilines is 1. The Morgan fingerprint density at radius 1 is 0.962 bits per heavy atom. The molecule has 0 aliphatic carbocycles. The number of halogens is 1. The second-order valence-corrected chi connectivity index (χ2v) is 5.88. The quantitative estimate of drug-likeness (QED) is 0.556. The van der Waals surface area contributed by atoms with Gasteiger partial charge in [-0.15, -0.1) is 0 Å². The first-order valence-corrected chi connectivity index (χ1v) is 8.11. The second-order valence-electron chi connectivity index (χ2n) is 5.44. The van der Waals surface area contributed by atoms with Crippen LogP contribution in [0.25, 0.3) is 22.5 Å². The van der Waals surface area contributed by atoms with Crippen molar-refractivity contribution in [2.45, 2.75) is 0 Å². The van der Waals surface area contributed by atoms with Crippen molar-refractivity contribution >= 4 is 23.5 Å². The van der Waals surface area contributed by atoms with Crippen LogP contribution >= 0.6 is 11.6 Å². The molecule has 1 amide bonds. The van der Waals surface area contributed by atoms with Gasteiger partial charge in [0.15, 0.2) is 0 Å². The normalized spacial score (nSPS) is 10.7. The molecule has 0 aliphatic heterocycles. The number of aromatic nitrogens is 2. The molecule has 1 N–H and O–H groups in total. The third-order valence-electron chi connectivity index (χ3n) is 3.73. The van der Waals surface area contributed by atoms with Gasteiger partial charge in [-0.2, -0.15) is 4.98 Å². The van der Waals surface area contributed by atoms with Gasteiger partial charge in [0, 0.05) is 16.1 Å². The van der Waals surface area contributed by atoms with Gasteiger partial charge in [-0.3, -0.25) is 10.1 Å². The number of nitrogens with one attached hydrogen (secondary N) is 1. The molecule has 0 bridgehead atoms. The zero-order chi connectivity index (χ0) is 17.9. The molecule has 2 heterocycles. The highest BCUT2D eigenvalue weighted by Gasteiger charge is 2.19. The van der Waals surface area contributed by atoms with Crippen LogP contribution in [-0.2, 0) is 0 Å². The van der Waals surface area contributed by atoms with E-state index in [-0.39, 0.29) is 6.01 Å². The van der Waals surface area contributed by atoms with Crippen molar-refractivity contribution in [3.05, 3.63) is 77.7 Å². The topological polar surface area (TPSA) is 81.2 Å². The molecule has 128 valence electrons. The van der Waals surface area contributed by atoms with E-state index < -0.39 is 5.91 Å². The van der Waals surface area contributed by atoms with Crippen molar-refractivity contribution in [2.75, 3.05) is 5.32 Å². The predicted molar refractivity (Wildman–Crippen MR) is 96.8 cm³/mol. The lowest BCUT2D eigenvalue weighted by Crippen LogP contribution is -2.12. The molecule has 0 aliphatic rings. The van der Waals surface area contributed by atoms with Gasteiger partial charge < -0.3 is 8.94 Å². The monoisotopic (exact) mass is 365 g/mol. The third kappa shape index (κ3) is 3.22. The van der Waals surface area contributed by atoms with Gasteiger partial charge >= 0.3 is 6.01 Å². The van der Waals surface area contributed by atoms with Crippen molar-refractivity contribution in [3.8, 4) is 22.5 Å². The van der Waals surface area contributed by atoms with E-state index in [9.17, 15) is 4.79 Å². The number of oxazole rings is 1. The highest BCUT2D eigenvalue weighted by molar-refractivity contribution is 6.30. The van der Waals surface area contributed by atoms with Crippen LogP contribution in [0.15, 0.2) is 76.1 Å². The summed E-state index contributed by atoms with van der Waals surface area (Å²) in [5.41, 5.74) is 2.94. The van der Waals surface area contributed by atoms with Crippen LogP contribution in [0.2, 0.25) is 5.02 Å². The fourth-order valence-electron chi connectivity index (χ4n) is 2.45. The standard InChI is InChI=1S/C19H12ClN3O3/c20-14-8-6-12(7-9-14)16-11-25-19(21-16)22-18(24)15-10-26-23-17(15)13-4-2-1-3-5-13/h1-11H,(H,21,22,24). The maximum Gasteiger partial charge on any atom is 0.302 e. The summed E-state index contributed by atoms with van der Waals surface area (Å²) in [6.07, 6.45) is 2.76. The van der Waals surface area contributed by atoms with Gasteiger partial charge in [0.1, 0.15) is 29.5 Å². The first-order chi connectivity index (χ1) is 12.7. The fourth-order valence-corrected chi connectivity index (χ4v) is 2.58. The average Bonchev–Trinajstić information content (AvgIpc) is 3.32. The van der Waals surface area contributed by atoms with E-state index in [0.29, 0.717) is 22.0 Å². The van der Waals surface area contributed by atoms with Crippen molar-refractivity contribution in [2.24, 2.45) is 0 Å². The lowest BCUT2D eigenvalue weighted by atomic mass is 10.1. The molecule has 4 rings (SSSR count). The van der Waals surface area contributed by atoms with Gasteiger partial charge in [-0.05, 0) is 12.1 Å². The minimum absolute atomic E-state index is 0.0835. The first-order valence-electron chi connectivity index (χ1n) is 7.73. The zero-order valence-electron chi connectivity index (χ0n) is 13.3. The molecular weight excluding hydrogens is 354 g/mol. The van der Waals surface area contributed by atoms with Crippen LogP contribution in [0, 0.1) is 0 Å². The molecule has 2 aromatic carbocycles. The predicted octanol–water partition coefficient (Wildman–Crippen LogP) is 4.90. The highest BCUT2D eigenvalue weighted by atomic mass is 35.5. The van der Waals surface area contributed by atoms with Gasteiger partial charge in [0.05, 0.1) is 0 Å². The van der Waals surface area contributed by atoms with Crippen molar-refractivity contribution in [1.29, 1.82) is 0 Å². The van der Waals surface area contributed by atoms with Crippen LogP contribution in [0.4, 0.5) is 6.01 Å². The Labute approximate surface area is 153 Å². The molecule has 2 aromatic heterocycles. The summed E-state index contributed by atoms with van der Waals surface area (Å²) in [4.78, 5) is 16.8. The van der Waals surface area contributed by atoms with E-state index in [2.05, 4.69) is 15.5 Å². The third-order valence-corrected chi connectivity index (χ3v) is 3.98. The molecule has 0 saturated carbocycles. The van der Waals surface area contributed by atoms with E-state index in [1.165, 1.54) is 12.5 Å². The van der Waals surface area contributed by atoms with Crippen molar-refractivity contribution in [1.82, 2.24) is 10.1 Å². The Kier molecular flexibility index (Phi) is 4.25. The maximum absolute atomic E-state index is 12.5. The van der Waals surface area contributed by atoms with Crippen molar-refractivity contribution < 1.29 is 13.7 Å². The number of carbonyl (C=O) groups is 1. The van der Waals surface area contributed by atoms with Crippen LogP contribution < -0.4 is 5.32 Å². The molecule has 0 fully saturated rings. The first kappa shape index (κ1) is 16.1. The molecule has 4 aromatic rings. The van der Waals surface area contributed by atoms with Crippen molar-refractivity contribution in [3.63, 3.8) is 0 Å². The number of hydrogen-bond donors (Lipinski definition) is 1. The van der Waals surface area contributed by atoms with Gasteiger partial charge in [-0.25, -0.2) is 0 Å². The lowest BCUT2D eigenvalue weighted by molar-refractivity contribution is 0.102. The van der Waals surface area contributed by atoms with Crippen LogP contribution in [0.5, 0.6) is 0 Å². The van der Waals surface area contributed by atoms with Gasteiger partial charge in [0.25, 0.3) is 5.91 Å². The van der Waals surface area contributed by atoms with Crippen LogP contribution in [0.3, 0.4) is 0 Å². The largest absolute Gasteiger partial charge is 0.431 e. The highest BCUT2D eigenvalue weighted by Crippen LogP contribution is 2.25. The smallest absolute Gasteiger partial charge is 0.302 e. The number of benzene rings is 2. The van der Waals surface area contributed by atoms with E-state index in [1.807, 2.05) is 42.5 Å². The Bertz CT molecular complexity index is 1040. The lowest BCUT2D eigenvalue weighted by Gasteiger charge is -2.01. The summed E-state index contributed by atoms with van der Waals surface area (Å²) < 4.78 is 10.3. The Balaban J connectivity index is 1.55. The molecule has 0 atom stereocenters. The summed E-state index contributed by atoms with van der Waals surface area (Å²) >= 11 is 5.88.